The van der Waals surface area contributed by atoms with Crippen LogP contribution in [0.3, 0.4) is 0 Å². The molecule has 6 nitrogen and oxygen atoms in total. The first kappa shape index (κ1) is 19.6. The molecule has 2 aliphatic rings. The van der Waals surface area contributed by atoms with Gasteiger partial charge in [-0.05, 0) is 87.1 Å². The van der Waals surface area contributed by atoms with Gasteiger partial charge in [0.05, 0.1) is 12.2 Å². The normalized spacial score (nSPS) is 18.2. The second kappa shape index (κ2) is 8.33. The molecule has 6 heteroatoms. The van der Waals surface area contributed by atoms with Crippen LogP contribution in [0, 0.1) is 5.92 Å². The van der Waals surface area contributed by atoms with Crippen molar-refractivity contribution in [3.63, 3.8) is 0 Å². The molecule has 2 N–H and O–H groups in total. The number of nitrogens with one attached hydrogen (secondary N) is 1. The van der Waals surface area contributed by atoms with Crippen molar-refractivity contribution in [2.45, 2.75) is 38.2 Å². The summed E-state index contributed by atoms with van der Waals surface area (Å²) in [6, 6.07) is 14.6. The molecule has 2 aromatic rings. The Morgan fingerprint density at radius 2 is 1.59 bits per heavy atom. The number of nitrogens with zero attached hydrogens (tertiary/aromatic N) is 1. The van der Waals surface area contributed by atoms with Gasteiger partial charge in [0.1, 0.15) is 17.2 Å². The van der Waals surface area contributed by atoms with E-state index in [1.165, 1.54) is 0 Å². The predicted octanol–water partition coefficient (Wildman–Crippen LogP) is 4.65. The second-order valence-corrected chi connectivity index (χ2v) is 7.83. The van der Waals surface area contributed by atoms with Gasteiger partial charge in [0, 0.05) is 18.8 Å². The van der Waals surface area contributed by atoms with E-state index in [1.54, 1.807) is 4.90 Å². The zero-order chi connectivity index (χ0) is 20.3. The molecule has 154 valence electrons. The maximum absolute atomic E-state index is 12.5. The Hall–Kier alpha value is -2.73. The van der Waals surface area contributed by atoms with E-state index in [0.29, 0.717) is 44.2 Å². The largest absolute Gasteiger partial charge is 0.494 e. The number of hydrogen-bond donors (Lipinski definition) is 2. The van der Waals surface area contributed by atoms with Crippen LogP contribution in [0.5, 0.6) is 17.2 Å². The molecule has 1 saturated carbocycles. The second-order valence-electron chi connectivity index (χ2n) is 7.83. The Bertz CT molecular complexity index is 823. The fourth-order valence-corrected chi connectivity index (χ4v) is 3.84. The van der Waals surface area contributed by atoms with Crippen molar-refractivity contribution in [2.75, 3.05) is 25.0 Å². The number of benzene rings is 2. The molecule has 1 aliphatic carbocycles. The summed E-state index contributed by atoms with van der Waals surface area (Å²) < 4.78 is 11.3. The van der Waals surface area contributed by atoms with Gasteiger partial charge in [0.25, 0.3) is 0 Å². The van der Waals surface area contributed by atoms with Gasteiger partial charge in [-0.25, -0.2) is 4.79 Å². The molecule has 1 aliphatic heterocycles. The summed E-state index contributed by atoms with van der Waals surface area (Å²) in [7, 11) is 0. The van der Waals surface area contributed by atoms with E-state index < -0.39 is 5.60 Å². The summed E-state index contributed by atoms with van der Waals surface area (Å²) in [5.74, 6) is 2.67. The van der Waals surface area contributed by atoms with Crippen LogP contribution in [0.15, 0.2) is 48.5 Å². The first-order valence-electron chi connectivity index (χ1n) is 10.3. The van der Waals surface area contributed by atoms with Crippen molar-refractivity contribution in [1.29, 1.82) is 0 Å². The van der Waals surface area contributed by atoms with Crippen LogP contribution in [-0.2, 0) is 0 Å². The average molecular weight is 396 g/mol. The van der Waals surface area contributed by atoms with Gasteiger partial charge in [-0.3, -0.25) is 0 Å². The highest BCUT2D eigenvalue weighted by atomic mass is 16.5. The zero-order valence-corrected chi connectivity index (χ0v) is 16.8. The molecule has 0 spiro atoms. The third kappa shape index (κ3) is 4.82. The number of amides is 2. The lowest BCUT2D eigenvalue weighted by atomic mass is 9.87. The molecule has 0 atom stereocenters. The molecule has 2 aromatic carbocycles. The SMILES string of the molecule is CCOc1ccc(Oc2ccc(NC(=O)N3CCC(O)(C4CC4)CC3)cc2)cc1. The first-order valence-corrected chi connectivity index (χ1v) is 10.3. The third-order valence-corrected chi connectivity index (χ3v) is 5.73. The number of carbonyl (C=O) groups excluding carboxylic acids is 1. The fraction of sp³-hybridized carbons (Fsp3) is 0.435. The Morgan fingerprint density at radius 1 is 1.03 bits per heavy atom. The lowest BCUT2D eigenvalue weighted by molar-refractivity contribution is -0.0297. The highest BCUT2D eigenvalue weighted by Gasteiger charge is 2.45. The van der Waals surface area contributed by atoms with Crippen LogP contribution in [-0.4, -0.2) is 41.3 Å². The highest BCUT2D eigenvalue weighted by Crippen LogP contribution is 2.45. The molecule has 1 saturated heterocycles. The number of rotatable bonds is 6. The quantitative estimate of drug-likeness (QED) is 0.746. The molecule has 4 rings (SSSR count). The minimum Gasteiger partial charge on any atom is -0.494 e. The number of urea groups is 1. The average Bonchev–Trinajstić information content (AvgIpc) is 3.58. The van der Waals surface area contributed by atoms with Gasteiger partial charge in [0.15, 0.2) is 0 Å². The van der Waals surface area contributed by atoms with E-state index >= 15 is 0 Å². The van der Waals surface area contributed by atoms with E-state index in [2.05, 4.69) is 5.32 Å². The number of piperidine rings is 1. The summed E-state index contributed by atoms with van der Waals surface area (Å²) in [5.41, 5.74) is 0.161. The van der Waals surface area contributed by atoms with E-state index in [-0.39, 0.29) is 6.03 Å². The molecule has 2 amide bonds. The lowest BCUT2D eigenvalue weighted by Crippen LogP contribution is -2.49. The van der Waals surface area contributed by atoms with Gasteiger partial charge in [-0.2, -0.15) is 0 Å². The van der Waals surface area contributed by atoms with Crippen molar-refractivity contribution >= 4 is 11.7 Å². The number of aliphatic hydroxyl groups is 1. The Labute approximate surface area is 171 Å². The molecular formula is C23H28N2O4. The topological polar surface area (TPSA) is 71.0 Å². The minimum atomic E-state index is -0.559. The smallest absolute Gasteiger partial charge is 0.321 e. The predicted molar refractivity (Wildman–Crippen MR) is 112 cm³/mol. The molecular weight excluding hydrogens is 368 g/mol. The lowest BCUT2D eigenvalue weighted by Gasteiger charge is -2.38. The third-order valence-electron chi connectivity index (χ3n) is 5.73. The van der Waals surface area contributed by atoms with Crippen LogP contribution in [0.4, 0.5) is 10.5 Å². The Morgan fingerprint density at radius 3 is 2.14 bits per heavy atom. The molecule has 0 unspecified atom stereocenters. The molecule has 0 bridgehead atoms. The van der Waals surface area contributed by atoms with E-state index in [0.717, 1.165) is 30.0 Å². The monoisotopic (exact) mass is 396 g/mol. The van der Waals surface area contributed by atoms with Crippen LogP contribution in [0.25, 0.3) is 0 Å². The standard InChI is InChI=1S/C23H28N2O4/c1-2-28-19-9-11-21(12-10-19)29-20-7-5-18(6-8-20)24-22(26)25-15-13-23(27,14-16-25)17-3-4-17/h5-12,17,27H,2-4,13-16H2,1H3,(H,24,26). The van der Waals surface area contributed by atoms with E-state index in [9.17, 15) is 9.90 Å². The zero-order valence-electron chi connectivity index (χ0n) is 16.8. The summed E-state index contributed by atoms with van der Waals surface area (Å²) >= 11 is 0. The summed E-state index contributed by atoms with van der Waals surface area (Å²) in [6.07, 6.45) is 3.57. The van der Waals surface area contributed by atoms with Crippen molar-refractivity contribution in [3.05, 3.63) is 48.5 Å². The van der Waals surface area contributed by atoms with E-state index in [4.69, 9.17) is 9.47 Å². The summed E-state index contributed by atoms with van der Waals surface area (Å²) in [5, 5.41) is 13.5. The molecule has 2 fully saturated rings. The van der Waals surface area contributed by atoms with Crippen LogP contribution < -0.4 is 14.8 Å². The number of anilines is 1. The number of ether oxygens (including phenoxy) is 2. The van der Waals surface area contributed by atoms with Crippen molar-refractivity contribution in [2.24, 2.45) is 5.92 Å². The van der Waals surface area contributed by atoms with Crippen molar-refractivity contribution in [3.8, 4) is 17.2 Å². The Kier molecular flexibility index (Phi) is 5.62. The van der Waals surface area contributed by atoms with Gasteiger partial charge in [-0.15, -0.1) is 0 Å². The molecule has 0 aromatic heterocycles. The summed E-state index contributed by atoms with van der Waals surface area (Å²) in [6.45, 7) is 3.77. The molecule has 29 heavy (non-hydrogen) atoms. The van der Waals surface area contributed by atoms with Crippen LogP contribution in [0.1, 0.15) is 32.6 Å². The minimum absolute atomic E-state index is 0.122. The maximum atomic E-state index is 12.5. The van der Waals surface area contributed by atoms with Crippen LogP contribution >= 0.6 is 0 Å². The van der Waals surface area contributed by atoms with Gasteiger partial charge < -0.3 is 24.8 Å². The summed E-state index contributed by atoms with van der Waals surface area (Å²) in [4.78, 5) is 14.3. The van der Waals surface area contributed by atoms with Gasteiger partial charge >= 0.3 is 6.03 Å². The van der Waals surface area contributed by atoms with Gasteiger partial charge in [-0.1, -0.05) is 0 Å². The van der Waals surface area contributed by atoms with Gasteiger partial charge in [0.2, 0.25) is 0 Å². The van der Waals surface area contributed by atoms with Crippen molar-refractivity contribution < 1.29 is 19.4 Å². The maximum Gasteiger partial charge on any atom is 0.321 e. The highest BCUT2D eigenvalue weighted by molar-refractivity contribution is 5.89. The van der Waals surface area contributed by atoms with Crippen LogP contribution in [0.2, 0.25) is 0 Å². The number of hydrogen-bond acceptors (Lipinski definition) is 4. The number of likely N-dealkylation sites (tertiary alicyclic amines) is 1. The molecule has 1 heterocycles. The first-order chi connectivity index (χ1) is 14.1. The van der Waals surface area contributed by atoms with Crippen molar-refractivity contribution in [1.82, 2.24) is 4.90 Å². The number of carbonyl (C=O) groups is 1. The Balaban J connectivity index is 1.28. The molecule has 0 radical (unpaired) electrons. The van der Waals surface area contributed by atoms with E-state index in [1.807, 2.05) is 55.5 Å². The fourth-order valence-electron chi connectivity index (χ4n) is 3.84.